The van der Waals surface area contributed by atoms with E-state index in [0.717, 1.165) is 69.5 Å². The number of likely N-dealkylation sites (tertiary alicyclic amines) is 1. The van der Waals surface area contributed by atoms with Gasteiger partial charge in [0, 0.05) is 24.1 Å². The van der Waals surface area contributed by atoms with Gasteiger partial charge in [0.2, 0.25) is 5.91 Å². The van der Waals surface area contributed by atoms with E-state index in [4.69, 9.17) is 9.47 Å². The van der Waals surface area contributed by atoms with E-state index in [1.807, 2.05) is 17.9 Å². The largest absolute Gasteiger partial charge is 0.463 e. The van der Waals surface area contributed by atoms with Crippen LogP contribution in [-0.2, 0) is 9.53 Å². The summed E-state index contributed by atoms with van der Waals surface area (Å²) in [5, 5.41) is 0. The van der Waals surface area contributed by atoms with E-state index in [-0.39, 0.29) is 11.5 Å². The van der Waals surface area contributed by atoms with Crippen LogP contribution in [0.3, 0.4) is 0 Å². The number of aromatic nitrogens is 2. The number of nitrogens with zero attached hydrogens (tertiary/aromatic N) is 3. The molecule has 6 nitrogen and oxygen atoms in total. The lowest BCUT2D eigenvalue weighted by atomic mass is 9.79. The summed E-state index contributed by atoms with van der Waals surface area (Å²) in [6.07, 6.45) is 9.95. The van der Waals surface area contributed by atoms with Crippen LogP contribution in [0.2, 0.25) is 0 Å². The average Bonchev–Trinajstić information content (AvgIpc) is 3.14. The summed E-state index contributed by atoms with van der Waals surface area (Å²) < 4.78 is 11.8. The van der Waals surface area contributed by atoms with Gasteiger partial charge < -0.3 is 14.4 Å². The molecule has 2 aliphatic heterocycles. The van der Waals surface area contributed by atoms with Gasteiger partial charge in [0.05, 0.1) is 19.7 Å². The monoisotopic (exact) mass is 357 g/mol. The first-order valence-corrected chi connectivity index (χ1v) is 9.68. The van der Waals surface area contributed by atoms with E-state index in [0.29, 0.717) is 18.5 Å². The van der Waals surface area contributed by atoms with Crippen LogP contribution in [0.25, 0.3) is 0 Å². The van der Waals surface area contributed by atoms with E-state index < -0.39 is 0 Å². The zero-order chi connectivity index (χ0) is 18.0. The van der Waals surface area contributed by atoms with Crippen molar-refractivity contribution in [1.29, 1.82) is 0 Å². The second-order valence-electron chi connectivity index (χ2n) is 7.79. The fourth-order valence-corrected chi connectivity index (χ4v) is 4.27. The molecular weight excluding hydrogens is 330 g/mol. The Morgan fingerprint density at radius 1 is 1.46 bits per heavy atom. The number of hydrogen-bond donors (Lipinski definition) is 0. The second-order valence-corrected chi connectivity index (χ2v) is 7.79. The summed E-state index contributed by atoms with van der Waals surface area (Å²) in [6.45, 7) is 4.81. The van der Waals surface area contributed by atoms with Crippen LogP contribution in [0.15, 0.2) is 23.9 Å². The predicted octanol–water partition coefficient (Wildman–Crippen LogP) is 2.67. The van der Waals surface area contributed by atoms with E-state index in [9.17, 15) is 4.79 Å². The maximum atomic E-state index is 12.5. The van der Waals surface area contributed by atoms with E-state index in [2.05, 4.69) is 16.0 Å². The third kappa shape index (κ3) is 3.75. The fourth-order valence-electron chi connectivity index (χ4n) is 4.27. The molecule has 0 N–H and O–H groups in total. The van der Waals surface area contributed by atoms with Gasteiger partial charge in [-0.1, -0.05) is 6.08 Å². The Morgan fingerprint density at radius 3 is 3.12 bits per heavy atom. The number of ether oxygens (including phenoxy) is 2. The Morgan fingerprint density at radius 2 is 2.35 bits per heavy atom. The highest BCUT2D eigenvalue weighted by molar-refractivity contribution is 5.94. The quantitative estimate of drug-likeness (QED) is 0.811. The normalized spacial score (nSPS) is 24.3. The molecule has 1 unspecified atom stereocenters. The third-order valence-corrected chi connectivity index (χ3v) is 5.69. The summed E-state index contributed by atoms with van der Waals surface area (Å²) in [7, 11) is 0. The SMILES string of the molecule is Cc1ccnc(OCCC2CCOC3(C2)CN(C(=O)C2=CCCC2)C3)n1. The van der Waals surface area contributed by atoms with Gasteiger partial charge in [0.25, 0.3) is 0 Å². The van der Waals surface area contributed by atoms with Crippen LogP contribution in [-0.4, -0.2) is 52.7 Å². The van der Waals surface area contributed by atoms with Gasteiger partial charge in [-0.2, -0.15) is 0 Å². The molecule has 0 aromatic carbocycles. The van der Waals surface area contributed by atoms with Crippen molar-refractivity contribution in [2.24, 2.45) is 5.92 Å². The maximum absolute atomic E-state index is 12.5. The zero-order valence-corrected chi connectivity index (χ0v) is 15.4. The molecular formula is C20H27N3O3. The second kappa shape index (κ2) is 7.35. The summed E-state index contributed by atoms with van der Waals surface area (Å²) in [6, 6.07) is 2.32. The van der Waals surface area contributed by atoms with Crippen molar-refractivity contribution in [2.45, 2.75) is 51.0 Å². The molecule has 1 aromatic rings. The molecule has 1 aromatic heterocycles. The van der Waals surface area contributed by atoms with Gasteiger partial charge in [-0.15, -0.1) is 0 Å². The van der Waals surface area contributed by atoms with E-state index in [1.165, 1.54) is 0 Å². The molecule has 3 aliphatic rings. The number of aryl methyl sites for hydroxylation is 1. The number of amides is 1. The molecule has 26 heavy (non-hydrogen) atoms. The molecule has 1 atom stereocenters. The first-order valence-electron chi connectivity index (χ1n) is 9.68. The van der Waals surface area contributed by atoms with Crippen LogP contribution in [0.4, 0.5) is 0 Å². The molecule has 0 saturated carbocycles. The molecule has 3 heterocycles. The average molecular weight is 357 g/mol. The number of rotatable bonds is 5. The van der Waals surface area contributed by atoms with Gasteiger partial charge in [-0.25, -0.2) is 9.97 Å². The molecule has 2 fully saturated rings. The summed E-state index contributed by atoms with van der Waals surface area (Å²) in [4.78, 5) is 22.8. The standard InChI is InChI=1S/C20H27N3O3/c1-15-6-9-21-19(22-15)25-10-7-16-8-11-26-20(12-16)13-23(14-20)18(24)17-4-2-3-5-17/h4,6,9,16H,2-3,5,7-8,10-14H2,1H3. The number of allylic oxidation sites excluding steroid dienone is 1. The van der Waals surface area contributed by atoms with Crippen LogP contribution < -0.4 is 4.74 Å². The topological polar surface area (TPSA) is 64.6 Å². The lowest BCUT2D eigenvalue weighted by Gasteiger charge is -2.53. The first kappa shape index (κ1) is 17.5. The Hall–Kier alpha value is -1.95. The van der Waals surface area contributed by atoms with Crippen molar-refractivity contribution >= 4 is 5.91 Å². The van der Waals surface area contributed by atoms with Crippen molar-refractivity contribution in [3.8, 4) is 6.01 Å². The highest BCUT2D eigenvalue weighted by atomic mass is 16.5. The van der Waals surface area contributed by atoms with Crippen molar-refractivity contribution < 1.29 is 14.3 Å². The lowest BCUT2D eigenvalue weighted by molar-refractivity contribution is -0.186. The Balaban J connectivity index is 1.24. The predicted molar refractivity (Wildman–Crippen MR) is 96.8 cm³/mol. The fraction of sp³-hybridized carbons (Fsp3) is 0.650. The van der Waals surface area contributed by atoms with Crippen molar-refractivity contribution in [3.63, 3.8) is 0 Å². The number of carbonyl (C=O) groups excluding carboxylic acids is 1. The molecule has 2 saturated heterocycles. The van der Waals surface area contributed by atoms with Gasteiger partial charge in [-0.05, 0) is 57.4 Å². The van der Waals surface area contributed by atoms with E-state index >= 15 is 0 Å². The minimum absolute atomic E-state index is 0.127. The molecule has 4 rings (SSSR count). The lowest BCUT2D eigenvalue weighted by Crippen LogP contribution is -2.66. The first-order chi connectivity index (χ1) is 12.6. The van der Waals surface area contributed by atoms with Crippen LogP contribution >= 0.6 is 0 Å². The van der Waals surface area contributed by atoms with Crippen molar-refractivity contribution in [3.05, 3.63) is 29.6 Å². The van der Waals surface area contributed by atoms with Gasteiger partial charge in [0.1, 0.15) is 5.60 Å². The summed E-state index contributed by atoms with van der Waals surface area (Å²) >= 11 is 0. The zero-order valence-electron chi connectivity index (χ0n) is 15.4. The summed E-state index contributed by atoms with van der Waals surface area (Å²) in [5.41, 5.74) is 1.78. The van der Waals surface area contributed by atoms with E-state index in [1.54, 1.807) is 6.20 Å². The van der Waals surface area contributed by atoms with Gasteiger partial charge in [0.15, 0.2) is 0 Å². The number of hydrogen-bond acceptors (Lipinski definition) is 5. The summed E-state index contributed by atoms with van der Waals surface area (Å²) in [5.74, 6) is 0.787. The molecule has 6 heteroatoms. The molecule has 0 radical (unpaired) electrons. The Bertz CT molecular complexity index is 697. The van der Waals surface area contributed by atoms with Crippen LogP contribution in [0.5, 0.6) is 6.01 Å². The van der Waals surface area contributed by atoms with Crippen LogP contribution in [0, 0.1) is 12.8 Å². The molecule has 1 spiro atoms. The van der Waals surface area contributed by atoms with Crippen molar-refractivity contribution in [2.75, 3.05) is 26.3 Å². The smallest absolute Gasteiger partial charge is 0.316 e. The third-order valence-electron chi connectivity index (χ3n) is 5.69. The Labute approximate surface area is 154 Å². The highest BCUT2D eigenvalue weighted by Crippen LogP contribution is 2.39. The van der Waals surface area contributed by atoms with Gasteiger partial charge in [-0.3, -0.25) is 4.79 Å². The van der Waals surface area contributed by atoms with Crippen molar-refractivity contribution in [1.82, 2.24) is 14.9 Å². The van der Waals surface area contributed by atoms with Crippen LogP contribution in [0.1, 0.15) is 44.2 Å². The molecule has 140 valence electrons. The molecule has 1 aliphatic carbocycles. The highest BCUT2D eigenvalue weighted by Gasteiger charge is 2.49. The maximum Gasteiger partial charge on any atom is 0.316 e. The minimum Gasteiger partial charge on any atom is -0.463 e. The minimum atomic E-state index is -0.127. The Kier molecular flexibility index (Phi) is 4.94. The molecule has 1 amide bonds. The molecule has 0 bridgehead atoms. The van der Waals surface area contributed by atoms with Gasteiger partial charge >= 0.3 is 6.01 Å². The number of carbonyl (C=O) groups is 1.